The molecule has 0 atom stereocenters. The van der Waals surface area contributed by atoms with Crippen LogP contribution in [-0.2, 0) is 0 Å². The molecule has 0 radical (unpaired) electrons. The summed E-state index contributed by atoms with van der Waals surface area (Å²) in [5.74, 6) is 0.00750. The molecule has 76 valence electrons. The van der Waals surface area contributed by atoms with Crippen LogP contribution in [0.4, 0.5) is 0 Å². The Bertz CT molecular complexity index is 485. The molecule has 0 spiro atoms. The molecule has 15 heavy (non-hydrogen) atoms. The molecule has 0 amide bonds. The topological polar surface area (TPSA) is 30.0 Å². The summed E-state index contributed by atoms with van der Waals surface area (Å²) in [6.45, 7) is 3.95. The largest absolute Gasteiger partial charge is 0.286 e. The van der Waals surface area contributed by atoms with Gasteiger partial charge in [-0.1, -0.05) is 29.8 Å². The third kappa shape index (κ3) is 2.13. The highest BCUT2D eigenvalue weighted by molar-refractivity contribution is 7.13. The van der Waals surface area contributed by atoms with Crippen molar-refractivity contribution < 1.29 is 4.79 Å². The lowest BCUT2D eigenvalue weighted by molar-refractivity contribution is 0.103. The van der Waals surface area contributed by atoms with Crippen LogP contribution in [0.25, 0.3) is 0 Å². The van der Waals surface area contributed by atoms with Crippen molar-refractivity contribution in [3.05, 3.63) is 51.5 Å². The van der Waals surface area contributed by atoms with Crippen LogP contribution in [0.1, 0.15) is 25.8 Å². The minimum absolute atomic E-state index is 0.00750. The van der Waals surface area contributed by atoms with Gasteiger partial charge in [-0.3, -0.25) is 4.79 Å². The van der Waals surface area contributed by atoms with Crippen molar-refractivity contribution in [2.45, 2.75) is 13.8 Å². The Morgan fingerprint density at radius 1 is 1.20 bits per heavy atom. The van der Waals surface area contributed by atoms with Gasteiger partial charge in [0.05, 0.1) is 0 Å². The minimum atomic E-state index is 0.00750. The fraction of sp³-hybridized carbons (Fsp3) is 0.167. The van der Waals surface area contributed by atoms with Crippen LogP contribution in [0.2, 0.25) is 0 Å². The van der Waals surface area contributed by atoms with Crippen molar-refractivity contribution in [2.24, 2.45) is 0 Å². The predicted octanol–water partition coefficient (Wildman–Crippen LogP) is 2.99. The van der Waals surface area contributed by atoms with Crippen molar-refractivity contribution in [2.75, 3.05) is 0 Å². The number of hydrogen-bond acceptors (Lipinski definition) is 3. The second kappa shape index (κ2) is 3.95. The van der Waals surface area contributed by atoms with Gasteiger partial charge in [-0.05, 0) is 13.8 Å². The highest BCUT2D eigenvalue weighted by Gasteiger charge is 2.11. The average Bonchev–Trinajstić information content (AvgIpc) is 2.65. The van der Waals surface area contributed by atoms with E-state index in [9.17, 15) is 4.79 Å². The van der Waals surface area contributed by atoms with Crippen LogP contribution in [0.5, 0.6) is 0 Å². The van der Waals surface area contributed by atoms with E-state index in [4.69, 9.17) is 0 Å². The second-order valence-electron chi connectivity index (χ2n) is 3.47. The fourth-order valence-corrected chi connectivity index (χ4v) is 2.01. The minimum Gasteiger partial charge on any atom is -0.286 e. The number of carbonyl (C=O) groups is 1. The summed E-state index contributed by atoms with van der Waals surface area (Å²) in [6.07, 6.45) is 1.73. The van der Waals surface area contributed by atoms with Gasteiger partial charge in [0.1, 0.15) is 0 Å². The smallest absolute Gasteiger partial charge is 0.221 e. The Morgan fingerprint density at radius 2 is 1.87 bits per heavy atom. The molecule has 0 saturated heterocycles. The Morgan fingerprint density at radius 3 is 2.40 bits per heavy atom. The SMILES string of the molecule is Cc1ccc(C(=O)c2ncc(C)s2)cc1. The summed E-state index contributed by atoms with van der Waals surface area (Å²) in [5, 5.41) is 0.566. The molecule has 0 aliphatic carbocycles. The Hall–Kier alpha value is -1.48. The first-order chi connectivity index (χ1) is 7.16. The highest BCUT2D eigenvalue weighted by Crippen LogP contribution is 2.16. The maximum Gasteiger partial charge on any atom is 0.221 e. The summed E-state index contributed by atoms with van der Waals surface area (Å²) in [4.78, 5) is 17.1. The number of rotatable bonds is 2. The summed E-state index contributed by atoms with van der Waals surface area (Å²) < 4.78 is 0. The molecule has 0 bridgehead atoms. The van der Waals surface area contributed by atoms with Crippen molar-refractivity contribution in [3.8, 4) is 0 Å². The summed E-state index contributed by atoms with van der Waals surface area (Å²) in [6, 6.07) is 7.56. The summed E-state index contributed by atoms with van der Waals surface area (Å²) >= 11 is 1.43. The first-order valence-electron chi connectivity index (χ1n) is 4.70. The van der Waals surface area contributed by atoms with Gasteiger partial charge >= 0.3 is 0 Å². The van der Waals surface area contributed by atoms with Crippen LogP contribution < -0.4 is 0 Å². The maximum absolute atomic E-state index is 11.9. The zero-order chi connectivity index (χ0) is 10.8. The third-order valence-corrected chi connectivity index (χ3v) is 3.04. The lowest BCUT2D eigenvalue weighted by Gasteiger charge is -1.97. The number of ketones is 1. The van der Waals surface area contributed by atoms with Gasteiger partial charge in [0.2, 0.25) is 5.78 Å². The van der Waals surface area contributed by atoms with Gasteiger partial charge in [0, 0.05) is 16.6 Å². The molecule has 2 nitrogen and oxygen atoms in total. The first-order valence-corrected chi connectivity index (χ1v) is 5.52. The van der Waals surface area contributed by atoms with E-state index in [1.54, 1.807) is 6.20 Å². The van der Waals surface area contributed by atoms with Crippen LogP contribution in [0.3, 0.4) is 0 Å². The van der Waals surface area contributed by atoms with Gasteiger partial charge in [-0.2, -0.15) is 0 Å². The van der Waals surface area contributed by atoms with Crippen molar-refractivity contribution >= 4 is 17.1 Å². The molecule has 0 fully saturated rings. The van der Waals surface area contributed by atoms with Gasteiger partial charge in [-0.25, -0.2) is 4.98 Å². The molecule has 1 aromatic heterocycles. The molecule has 1 aromatic carbocycles. The lowest BCUT2D eigenvalue weighted by atomic mass is 10.1. The zero-order valence-electron chi connectivity index (χ0n) is 8.65. The number of aromatic nitrogens is 1. The molecule has 0 saturated carbocycles. The molecule has 0 unspecified atom stereocenters. The number of benzene rings is 1. The van der Waals surface area contributed by atoms with Gasteiger partial charge in [0.25, 0.3) is 0 Å². The quantitative estimate of drug-likeness (QED) is 0.724. The average molecular weight is 217 g/mol. The number of hydrogen-bond donors (Lipinski definition) is 0. The van der Waals surface area contributed by atoms with E-state index in [1.165, 1.54) is 11.3 Å². The van der Waals surface area contributed by atoms with E-state index in [2.05, 4.69) is 4.98 Å². The van der Waals surface area contributed by atoms with Crippen LogP contribution in [0, 0.1) is 13.8 Å². The molecule has 1 heterocycles. The summed E-state index contributed by atoms with van der Waals surface area (Å²) in [5.41, 5.74) is 1.86. The molecule has 0 aliphatic rings. The molecular formula is C12H11NOS. The maximum atomic E-state index is 11.9. The van der Waals surface area contributed by atoms with E-state index >= 15 is 0 Å². The lowest BCUT2D eigenvalue weighted by Crippen LogP contribution is -1.99. The highest BCUT2D eigenvalue weighted by atomic mass is 32.1. The number of thiazole rings is 1. The number of aryl methyl sites for hydroxylation is 2. The standard InChI is InChI=1S/C12H11NOS/c1-8-3-5-10(6-4-8)11(14)12-13-7-9(2)15-12/h3-7H,1-2H3. The van der Waals surface area contributed by atoms with Crippen LogP contribution in [0.15, 0.2) is 30.5 Å². The second-order valence-corrected chi connectivity index (χ2v) is 4.71. The normalized spacial score (nSPS) is 10.3. The van der Waals surface area contributed by atoms with Crippen molar-refractivity contribution in [3.63, 3.8) is 0 Å². The molecule has 2 aromatic rings. The van der Waals surface area contributed by atoms with E-state index < -0.39 is 0 Å². The zero-order valence-corrected chi connectivity index (χ0v) is 9.47. The van der Waals surface area contributed by atoms with Crippen LogP contribution >= 0.6 is 11.3 Å². The molecule has 2 rings (SSSR count). The molecule has 3 heteroatoms. The van der Waals surface area contributed by atoms with Crippen molar-refractivity contribution in [1.29, 1.82) is 0 Å². The molecular weight excluding hydrogens is 206 g/mol. The van der Waals surface area contributed by atoms with Gasteiger partial charge < -0.3 is 0 Å². The van der Waals surface area contributed by atoms with E-state index in [-0.39, 0.29) is 5.78 Å². The Labute approximate surface area is 92.6 Å². The van der Waals surface area contributed by atoms with Crippen molar-refractivity contribution in [1.82, 2.24) is 4.98 Å². The van der Waals surface area contributed by atoms with E-state index in [0.29, 0.717) is 10.6 Å². The molecule has 0 aliphatic heterocycles. The number of carbonyl (C=O) groups excluding carboxylic acids is 1. The van der Waals surface area contributed by atoms with Gasteiger partial charge in [0.15, 0.2) is 5.01 Å². The van der Waals surface area contributed by atoms with E-state index in [0.717, 1.165) is 10.4 Å². The number of nitrogens with zero attached hydrogens (tertiary/aromatic N) is 1. The summed E-state index contributed by atoms with van der Waals surface area (Å²) in [7, 11) is 0. The monoisotopic (exact) mass is 217 g/mol. The third-order valence-electron chi connectivity index (χ3n) is 2.13. The predicted molar refractivity (Wildman–Crippen MR) is 61.5 cm³/mol. The Balaban J connectivity index is 2.32. The van der Waals surface area contributed by atoms with Gasteiger partial charge in [-0.15, -0.1) is 11.3 Å². The van der Waals surface area contributed by atoms with E-state index in [1.807, 2.05) is 38.1 Å². The fourth-order valence-electron chi connectivity index (χ4n) is 1.29. The van der Waals surface area contributed by atoms with Crippen LogP contribution in [-0.4, -0.2) is 10.8 Å². The first kappa shape index (κ1) is 10.1. The molecule has 0 N–H and O–H groups in total. The Kier molecular flexibility index (Phi) is 2.64.